The molecule has 458 valence electrons. The number of hydrogen-bond acceptors (Lipinski definition) is 15. The molecule has 0 bridgehead atoms. The number of aromatic nitrogens is 5. The number of aromatic amines is 1. The van der Waals surface area contributed by atoms with Crippen LogP contribution in [0.2, 0.25) is 0 Å². The number of nitriles is 1. The number of H-pyrrole nitrogens is 1. The number of aliphatic hydroxyl groups is 2. The zero-order valence-corrected chi connectivity index (χ0v) is 50.6. The van der Waals surface area contributed by atoms with Crippen molar-refractivity contribution in [3.05, 3.63) is 77.0 Å². The van der Waals surface area contributed by atoms with Gasteiger partial charge in [0.25, 0.3) is 11.8 Å². The van der Waals surface area contributed by atoms with Gasteiger partial charge in [0.2, 0.25) is 17.7 Å². The number of piperidine rings is 1. The summed E-state index contributed by atoms with van der Waals surface area (Å²) >= 11 is 0. The third-order valence-electron chi connectivity index (χ3n) is 17.8. The minimum absolute atomic E-state index is 0.0745. The number of carbonyl (C=O) groups excluding carboxylic acids is 5. The van der Waals surface area contributed by atoms with E-state index in [1.165, 1.54) is 56.8 Å². The Morgan fingerprint density at radius 2 is 1.54 bits per heavy atom. The number of unbranched alkanes of at least 4 members (excludes halogenated alkanes) is 13. The van der Waals surface area contributed by atoms with Crippen molar-refractivity contribution in [2.45, 2.75) is 224 Å². The second kappa shape index (κ2) is 29.1. The normalized spacial score (nSPS) is 21.5. The molecule has 5 aromatic rings. The highest BCUT2D eigenvalue weighted by atomic mass is 16.6. The number of ether oxygens (including phenoxy) is 1. The third kappa shape index (κ3) is 15.4. The van der Waals surface area contributed by atoms with Crippen LogP contribution >= 0.6 is 0 Å². The molecule has 3 fully saturated rings. The number of anilines is 2. The van der Waals surface area contributed by atoms with Gasteiger partial charge in [-0.2, -0.15) is 5.26 Å². The van der Waals surface area contributed by atoms with Crippen molar-refractivity contribution in [1.82, 2.24) is 44.9 Å². The van der Waals surface area contributed by atoms with Crippen LogP contribution in [0.3, 0.4) is 0 Å². The first-order valence-corrected chi connectivity index (χ1v) is 31.6. The van der Waals surface area contributed by atoms with Crippen molar-refractivity contribution in [3.63, 3.8) is 0 Å². The van der Waals surface area contributed by atoms with Crippen LogP contribution in [-0.4, -0.2) is 137 Å². The predicted molar refractivity (Wildman–Crippen MR) is 327 cm³/mol. The van der Waals surface area contributed by atoms with Gasteiger partial charge in [0, 0.05) is 69.4 Å². The summed E-state index contributed by atoms with van der Waals surface area (Å²) in [5, 5.41) is 45.6. The molecule has 1 unspecified atom stereocenters. The van der Waals surface area contributed by atoms with Gasteiger partial charge in [0.1, 0.15) is 54.0 Å². The Hall–Kier alpha value is -6.79. The Morgan fingerprint density at radius 3 is 2.24 bits per heavy atom. The Labute approximate surface area is 500 Å². The lowest BCUT2D eigenvalue weighted by Crippen LogP contribution is -2.54. The van der Waals surface area contributed by atoms with Crippen molar-refractivity contribution < 1.29 is 38.9 Å². The van der Waals surface area contributed by atoms with Crippen LogP contribution in [0, 0.1) is 17.2 Å². The SMILES string of the molecule is CC(C)N(C[C@H]1O[C@@H](n2cc(C#N)c3c(NCCCCNC(=O)CCCCCCCCCCCCCCCNc4cccc5c4C(=O)N(C4CCC(=O)NC4=O)C5=O)ncnc32)[C@@H](O)[C@H]1O)C1CC(CCc2nc3ccc(C(C)(C)C)cc3[nH]2)C1. The summed E-state index contributed by atoms with van der Waals surface area (Å²) in [7, 11) is 0. The van der Waals surface area contributed by atoms with E-state index in [1.807, 2.05) is 0 Å². The number of benzene rings is 2. The van der Waals surface area contributed by atoms with Gasteiger partial charge in [0.05, 0.1) is 33.1 Å². The average molecular weight is 1170 g/mol. The largest absolute Gasteiger partial charge is 0.387 e. The number of nitrogens with zero attached hydrogens (tertiary/aromatic N) is 7. The van der Waals surface area contributed by atoms with Gasteiger partial charge < -0.3 is 40.5 Å². The van der Waals surface area contributed by atoms with E-state index >= 15 is 0 Å². The molecule has 7 N–H and O–H groups in total. The molecule has 20 heteroatoms. The van der Waals surface area contributed by atoms with Crippen LogP contribution < -0.4 is 21.3 Å². The predicted octanol–water partition coefficient (Wildman–Crippen LogP) is 9.50. The summed E-state index contributed by atoms with van der Waals surface area (Å²) in [4.78, 5) is 83.9. The zero-order valence-electron chi connectivity index (χ0n) is 50.6. The van der Waals surface area contributed by atoms with Gasteiger partial charge in [-0.1, -0.05) is 104 Å². The fraction of sp³-hybridized carbons (Fsp3) is 0.615. The Balaban J connectivity index is 0.592. The molecule has 2 aromatic carbocycles. The second-order valence-electron chi connectivity index (χ2n) is 25.4. The van der Waals surface area contributed by atoms with E-state index in [0.717, 1.165) is 98.8 Å². The molecule has 4 aliphatic rings. The second-order valence-corrected chi connectivity index (χ2v) is 25.4. The summed E-state index contributed by atoms with van der Waals surface area (Å²) in [6, 6.07) is 13.5. The molecule has 0 spiro atoms. The molecule has 3 aromatic heterocycles. The van der Waals surface area contributed by atoms with Crippen molar-refractivity contribution in [1.29, 1.82) is 5.26 Å². The van der Waals surface area contributed by atoms with E-state index in [1.54, 1.807) is 29.0 Å². The van der Waals surface area contributed by atoms with E-state index in [-0.39, 0.29) is 35.8 Å². The maximum atomic E-state index is 13.3. The molecule has 2 saturated heterocycles. The van der Waals surface area contributed by atoms with E-state index in [9.17, 15) is 39.4 Å². The number of amides is 5. The van der Waals surface area contributed by atoms with Gasteiger partial charge in [-0.25, -0.2) is 15.0 Å². The lowest BCUT2D eigenvalue weighted by Gasteiger charge is -2.46. The van der Waals surface area contributed by atoms with Crippen LogP contribution in [0.25, 0.3) is 22.1 Å². The number of aryl methyl sites for hydroxylation is 1. The lowest BCUT2D eigenvalue weighted by molar-refractivity contribution is -0.136. The number of rotatable bonds is 32. The Kier molecular flexibility index (Phi) is 21.5. The smallest absolute Gasteiger partial charge is 0.264 e. The summed E-state index contributed by atoms with van der Waals surface area (Å²) in [6.07, 6.45) is 20.1. The molecule has 5 atom stereocenters. The highest BCUT2D eigenvalue weighted by Gasteiger charge is 2.48. The third-order valence-corrected chi connectivity index (χ3v) is 17.8. The zero-order chi connectivity index (χ0) is 60.2. The van der Waals surface area contributed by atoms with E-state index < -0.39 is 54.2 Å². The minimum atomic E-state index is -1.23. The van der Waals surface area contributed by atoms with Gasteiger partial charge in [0.15, 0.2) is 6.23 Å². The van der Waals surface area contributed by atoms with Crippen molar-refractivity contribution in [2.75, 3.05) is 36.8 Å². The molecule has 9 rings (SSSR count). The quantitative estimate of drug-likeness (QED) is 0.0156. The molecule has 1 aliphatic carbocycles. The minimum Gasteiger partial charge on any atom is -0.387 e. The summed E-state index contributed by atoms with van der Waals surface area (Å²) in [6.45, 7) is 13.3. The molecule has 85 heavy (non-hydrogen) atoms. The monoisotopic (exact) mass is 1170 g/mol. The van der Waals surface area contributed by atoms with Gasteiger partial charge in [-0.05, 0) is 106 Å². The first kappa shape index (κ1) is 62.7. The maximum absolute atomic E-state index is 13.3. The standard InChI is InChI=1S/C65H90N12O8/c1-41(2)75(45-34-42(35-45)25-29-52-72-47-27-26-44(65(3,4)5)36-49(47)73-52)39-51-57(80)58(81)64(85-51)76-38-43(37-66)55-59(70-40-71-60(55)76)69-33-20-19-32-68-53(78)24-17-15-13-11-9-7-6-8-10-12-14-16-18-31-67-48-23-21-22-46-56(48)63(84)77(62(46)83)50-28-30-54(79)74-61(50)82/h21-23,26-27,36,38,40-42,45,50-51,57-58,64,67,80-81H,6-20,24-25,28-35,39H2,1-5H3,(H,68,78)(H,72,73)(H,69,70,71)(H,74,79,82)/t42?,45?,50?,51-,57+,58+,64-/m1/s1. The number of imidazole rings is 1. The number of fused-ring (bicyclic) bond motifs is 3. The molecule has 5 amide bonds. The van der Waals surface area contributed by atoms with Crippen molar-refractivity contribution in [3.8, 4) is 6.07 Å². The van der Waals surface area contributed by atoms with Crippen LogP contribution in [-0.2, 0) is 31.0 Å². The van der Waals surface area contributed by atoms with Crippen molar-refractivity contribution >= 4 is 63.1 Å². The van der Waals surface area contributed by atoms with Gasteiger partial charge >= 0.3 is 0 Å². The van der Waals surface area contributed by atoms with E-state index in [4.69, 9.17) is 9.72 Å². The van der Waals surface area contributed by atoms with Crippen LogP contribution in [0.5, 0.6) is 0 Å². The molecule has 0 radical (unpaired) electrons. The summed E-state index contributed by atoms with van der Waals surface area (Å²) in [5.41, 5.74) is 5.40. The Bertz CT molecular complexity index is 3170. The summed E-state index contributed by atoms with van der Waals surface area (Å²) in [5.74, 6) is 0.178. The fourth-order valence-corrected chi connectivity index (χ4v) is 12.8. The first-order chi connectivity index (χ1) is 41.0. The van der Waals surface area contributed by atoms with Crippen LogP contribution in [0.1, 0.15) is 213 Å². The number of imide groups is 2. The molecular weight excluding hydrogens is 1080 g/mol. The van der Waals surface area contributed by atoms with E-state index in [2.05, 4.69) is 100 Å². The number of carbonyl (C=O) groups is 5. The number of hydrogen-bond donors (Lipinski definition) is 7. The average Bonchev–Trinajstić information content (AvgIpc) is 1.99. The van der Waals surface area contributed by atoms with Crippen LogP contribution in [0.15, 0.2) is 48.9 Å². The molecular formula is C65H90N12O8. The van der Waals surface area contributed by atoms with Crippen LogP contribution in [0.4, 0.5) is 11.5 Å². The molecule has 1 saturated carbocycles. The highest BCUT2D eigenvalue weighted by molar-refractivity contribution is 6.25. The van der Waals surface area contributed by atoms with Gasteiger partial charge in [-0.15, -0.1) is 0 Å². The van der Waals surface area contributed by atoms with Gasteiger partial charge in [-0.3, -0.25) is 39.1 Å². The van der Waals surface area contributed by atoms with E-state index in [0.29, 0.717) is 78.2 Å². The highest BCUT2D eigenvalue weighted by Crippen LogP contribution is 2.40. The molecule has 20 nitrogen and oxygen atoms in total. The van der Waals surface area contributed by atoms with Crippen molar-refractivity contribution in [2.24, 2.45) is 5.92 Å². The molecule has 3 aliphatic heterocycles. The maximum Gasteiger partial charge on any atom is 0.264 e. The Morgan fingerprint density at radius 1 is 0.859 bits per heavy atom. The lowest BCUT2D eigenvalue weighted by atomic mass is 9.76. The number of nitrogens with one attached hydrogen (secondary N) is 5. The topological polar surface area (TPSA) is 273 Å². The first-order valence-electron chi connectivity index (χ1n) is 31.6. The number of aliphatic hydroxyl groups excluding tert-OH is 2. The molecule has 6 heterocycles. The fourth-order valence-electron chi connectivity index (χ4n) is 12.8. The summed E-state index contributed by atoms with van der Waals surface area (Å²) < 4.78 is 8.13.